The summed E-state index contributed by atoms with van der Waals surface area (Å²) in [6.45, 7) is 1.76. The van der Waals surface area contributed by atoms with Crippen LogP contribution in [-0.2, 0) is 19.5 Å². The lowest BCUT2D eigenvalue weighted by Gasteiger charge is -2.04. The van der Waals surface area contributed by atoms with E-state index in [4.69, 9.17) is 11.6 Å². The molecule has 0 saturated carbocycles. The highest BCUT2D eigenvalue weighted by Gasteiger charge is 2.13. The maximum absolute atomic E-state index is 12.3. The fourth-order valence-corrected chi connectivity index (χ4v) is 2.62. The molecule has 2 aromatic rings. The largest absolute Gasteiger partial charge is 0.309 e. The number of fused-ring (bicyclic) bond motifs is 1. The maximum Gasteiger partial charge on any atom is 0.167 e. The quantitative estimate of drug-likeness (QED) is 0.868. The number of nitrogens with one attached hydrogen (secondary N) is 1. The van der Waals surface area contributed by atoms with E-state index in [-0.39, 0.29) is 5.78 Å². The molecular formula is C16H14ClNO. The van der Waals surface area contributed by atoms with Gasteiger partial charge in [0.15, 0.2) is 5.78 Å². The van der Waals surface area contributed by atoms with Crippen LogP contribution in [0.5, 0.6) is 0 Å². The summed E-state index contributed by atoms with van der Waals surface area (Å²) in [6, 6.07) is 13.4. The molecule has 19 heavy (non-hydrogen) atoms. The first-order chi connectivity index (χ1) is 9.22. The molecule has 0 amide bonds. The second kappa shape index (κ2) is 5.16. The predicted molar refractivity (Wildman–Crippen MR) is 76.5 cm³/mol. The SMILES string of the molecule is O=C(Cc1cccc(Cl)c1)c1ccc2c(c1)CNC2. The lowest BCUT2D eigenvalue weighted by molar-refractivity contribution is 0.0993. The van der Waals surface area contributed by atoms with Gasteiger partial charge in [-0.05, 0) is 34.9 Å². The van der Waals surface area contributed by atoms with Gasteiger partial charge in [0.2, 0.25) is 0 Å². The van der Waals surface area contributed by atoms with E-state index in [2.05, 4.69) is 5.32 Å². The van der Waals surface area contributed by atoms with E-state index in [0.717, 1.165) is 24.2 Å². The zero-order chi connectivity index (χ0) is 13.2. The number of hydrogen-bond acceptors (Lipinski definition) is 2. The van der Waals surface area contributed by atoms with Gasteiger partial charge >= 0.3 is 0 Å². The van der Waals surface area contributed by atoms with E-state index < -0.39 is 0 Å². The zero-order valence-corrected chi connectivity index (χ0v) is 11.2. The number of carbonyl (C=O) groups is 1. The van der Waals surface area contributed by atoms with Crippen LogP contribution in [0, 0.1) is 0 Å². The summed E-state index contributed by atoms with van der Waals surface area (Å²) in [7, 11) is 0. The summed E-state index contributed by atoms with van der Waals surface area (Å²) < 4.78 is 0. The molecule has 1 heterocycles. The third-order valence-corrected chi connectivity index (χ3v) is 3.65. The molecule has 0 atom stereocenters. The Kier molecular flexibility index (Phi) is 3.36. The summed E-state index contributed by atoms with van der Waals surface area (Å²) in [5.74, 6) is 0.136. The van der Waals surface area contributed by atoms with E-state index in [1.54, 1.807) is 0 Å². The molecule has 0 aliphatic carbocycles. The average molecular weight is 272 g/mol. The highest BCUT2D eigenvalue weighted by molar-refractivity contribution is 6.30. The number of benzene rings is 2. The highest BCUT2D eigenvalue weighted by Crippen LogP contribution is 2.19. The van der Waals surface area contributed by atoms with Gasteiger partial charge in [-0.3, -0.25) is 4.79 Å². The lowest BCUT2D eigenvalue weighted by atomic mass is 9.99. The van der Waals surface area contributed by atoms with E-state index in [1.165, 1.54) is 11.1 Å². The number of halogens is 1. The van der Waals surface area contributed by atoms with Crippen LogP contribution in [0.2, 0.25) is 5.02 Å². The molecule has 0 aromatic heterocycles. The van der Waals surface area contributed by atoms with Gasteiger partial charge in [-0.15, -0.1) is 0 Å². The van der Waals surface area contributed by atoms with Crippen molar-refractivity contribution in [2.45, 2.75) is 19.5 Å². The van der Waals surface area contributed by atoms with Gasteiger partial charge < -0.3 is 5.32 Å². The average Bonchev–Trinajstić information content (AvgIpc) is 2.85. The molecule has 96 valence electrons. The molecule has 3 rings (SSSR count). The van der Waals surface area contributed by atoms with Crippen molar-refractivity contribution in [3.05, 3.63) is 69.7 Å². The summed E-state index contributed by atoms with van der Waals surface area (Å²) in [5.41, 5.74) is 4.26. The van der Waals surface area contributed by atoms with E-state index in [0.29, 0.717) is 11.4 Å². The smallest absolute Gasteiger partial charge is 0.167 e. The number of hydrogen-bond donors (Lipinski definition) is 1. The Morgan fingerprint density at radius 2 is 1.95 bits per heavy atom. The van der Waals surface area contributed by atoms with Crippen molar-refractivity contribution in [3.8, 4) is 0 Å². The number of rotatable bonds is 3. The van der Waals surface area contributed by atoms with Gasteiger partial charge in [-0.1, -0.05) is 35.9 Å². The van der Waals surface area contributed by atoms with Crippen LogP contribution >= 0.6 is 11.6 Å². The normalized spacial score (nSPS) is 13.3. The number of Topliss-reactive ketones (excluding diaryl/α,β-unsaturated/α-hetero) is 1. The minimum Gasteiger partial charge on any atom is -0.309 e. The third-order valence-electron chi connectivity index (χ3n) is 3.41. The van der Waals surface area contributed by atoms with Crippen molar-refractivity contribution in [3.63, 3.8) is 0 Å². The van der Waals surface area contributed by atoms with Crippen molar-refractivity contribution < 1.29 is 4.79 Å². The number of carbonyl (C=O) groups excluding carboxylic acids is 1. The molecule has 0 saturated heterocycles. The van der Waals surface area contributed by atoms with E-state index in [9.17, 15) is 4.79 Å². The van der Waals surface area contributed by atoms with Gasteiger partial charge in [-0.25, -0.2) is 0 Å². The third kappa shape index (κ3) is 2.70. The Balaban J connectivity index is 1.81. The van der Waals surface area contributed by atoms with Crippen molar-refractivity contribution in [1.82, 2.24) is 5.32 Å². The zero-order valence-electron chi connectivity index (χ0n) is 10.4. The molecule has 3 heteroatoms. The standard InChI is InChI=1S/C16H14ClNO/c17-15-3-1-2-11(6-15)7-16(19)12-4-5-13-9-18-10-14(13)8-12/h1-6,8,18H,7,9-10H2. The van der Waals surface area contributed by atoms with Crippen molar-refractivity contribution in [2.24, 2.45) is 0 Å². The monoisotopic (exact) mass is 271 g/mol. The first kappa shape index (κ1) is 12.4. The minimum absolute atomic E-state index is 0.136. The molecule has 2 aromatic carbocycles. The Morgan fingerprint density at radius 3 is 2.79 bits per heavy atom. The summed E-state index contributed by atoms with van der Waals surface area (Å²) in [5, 5.41) is 3.95. The van der Waals surface area contributed by atoms with Gasteiger partial charge in [0.1, 0.15) is 0 Å². The second-order valence-electron chi connectivity index (χ2n) is 4.82. The maximum atomic E-state index is 12.3. The summed E-state index contributed by atoms with van der Waals surface area (Å²) in [4.78, 5) is 12.3. The van der Waals surface area contributed by atoms with Crippen LogP contribution in [0.4, 0.5) is 0 Å². The van der Waals surface area contributed by atoms with Gasteiger partial charge in [0.05, 0.1) is 0 Å². The highest BCUT2D eigenvalue weighted by atomic mass is 35.5. The van der Waals surface area contributed by atoms with Crippen LogP contribution in [0.3, 0.4) is 0 Å². The second-order valence-corrected chi connectivity index (χ2v) is 5.25. The Morgan fingerprint density at radius 1 is 1.11 bits per heavy atom. The summed E-state index contributed by atoms with van der Waals surface area (Å²) >= 11 is 5.93. The lowest BCUT2D eigenvalue weighted by Crippen LogP contribution is -2.04. The topological polar surface area (TPSA) is 29.1 Å². The fourth-order valence-electron chi connectivity index (χ4n) is 2.40. The molecule has 0 fully saturated rings. The van der Waals surface area contributed by atoms with E-state index >= 15 is 0 Å². The molecule has 2 nitrogen and oxygen atoms in total. The molecule has 0 unspecified atom stereocenters. The minimum atomic E-state index is 0.136. The van der Waals surface area contributed by atoms with Crippen LogP contribution in [0.1, 0.15) is 27.0 Å². The molecule has 0 spiro atoms. The predicted octanol–water partition coefficient (Wildman–Crippen LogP) is 3.37. The Labute approximate surface area is 117 Å². The Hall–Kier alpha value is -1.64. The first-order valence-electron chi connectivity index (χ1n) is 6.32. The molecule has 1 aliphatic heterocycles. The molecule has 1 aliphatic rings. The van der Waals surface area contributed by atoms with Crippen LogP contribution in [0.15, 0.2) is 42.5 Å². The van der Waals surface area contributed by atoms with Gasteiger partial charge in [-0.2, -0.15) is 0 Å². The van der Waals surface area contributed by atoms with Gasteiger partial charge in [0, 0.05) is 30.1 Å². The van der Waals surface area contributed by atoms with Crippen LogP contribution in [0.25, 0.3) is 0 Å². The Bertz CT molecular complexity index is 636. The molecule has 0 bridgehead atoms. The number of ketones is 1. The van der Waals surface area contributed by atoms with Crippen molar-refractivity contribution >= 4 is 17.4 Å². The van der Waals surface area contributed by atoms with Gasteiger partial charge in [0.25, 0.3) is 0 Å². The van der Waals surface area contributed by atoms with Crippen LogP contribution in [-0.4, -0.2) is 5.78 Å². The van der Waals surface area contributed by atoms with Crippen molar-refractivity contribution in [2.75, 3.05) is 0 Å². The molecule has 1 N–H and O–H groups in total. The first-order valence-corrected chi connectivity index (χ1v) is 6.70. The van der Waals surface area contributed by atoms with Crippen molar-refractivity contribution in [1.29, 1.82) is 0 Å². The molecule has 0 radical (unpaired) electrons. The van der Waals surface area contributed by atoms with Crippen LogP contribution < -0.4 is 5.32 Å². The summed E-state index contributed by atoms with van der Waals surface area (Å²) in [6.07, 6.45) is 0.396. The fraction of sp³-hybridized carbons (Fsp3) is 0.188. The van der Waals surface area contributed by atoms with E-state index in [1.807, 2.05) is 42.5 Å². The molecular weight excluding hydrogens is 258 g/mol.